The summed E-state index contributed by atoms with van der Waals surface area (Å²) in [6.45, 7) is 1.88. The number of carbonyl (C=O) groups excluding carboxylic acids is 2. The van der Waals surface area contributed by atoms with Crippen molar-refractivity contribution >= 4 is 11.9 Å². The van der Waals surface area contributed by atoms with Gasteiger partial charge < -0.3 is 20.1 Å². The fourth-order valence-corrected chi connectivity index (χ4v) is 3.44. The zero-order chi connectivity index (χ0) is 18.1. The number of hydrogen-bond acceptors (Lipinski definition) is 4. The Hall–Kier alpha value is -2.76. The Balaban J connectivity index is 2.20. The number of rotatable bonds is 6. The summed E-state index contributed by atoms with van der Waals surface area (Å²) < 4.78 is 6.88. The maximum atomic E-state index is 12.2. The number of carbonyl (C=O) groups is 2. The molecule has 1 saturated carbocycles. The van der Waals surface area contributed by atoms with E-state index in [0.717, 1.165) is 29.8 Å². The minimum absolute atomic E-state index is 0.115. The van der Waals surface area contributed by atoms with Crippen LogP contribution in [0.2, 0.25) is 0 Å². The van der Waals surface area contributed by atoms with Crippen LogP contribution in [0.15, 0.2) is 24.3 Å². The van der Waals surface area contributed by atoms with Crippen LogP contribution in [-0.4, -0.2) is 28.7 Å². The quantitative estimate of drug-likeness (QED) is 0.789. The van der Waals surface area contributed by atoms with Crippen LogP contribution in [0, 0.1) is 6.92 Å². The Morgan fingerprint density at radius 3 is 2.64 bits per heavy atom. The van der Waals surface area contributed by atoms with Crippen molar-refractivity contribution in [1.82, 2.24) is 4.57 Å². The van der Waals surface area contributed by atoms with E-state index in [-0.39, 0.29) is 18.1 Å². The van der Waals surface area contributed by atoms with Gasteiger partial charge >= 0.3 is 5.97 Å². The highest BCUT2D eigenvalue weighted by Gasteiger charge is 2.33. The Morgan fingerprint density at radius 2 is 2.08 bits per heavy atom. The van der Waals surface area contributed by atoms with Crippen LogP contribution in [0.4, 0.5) is 0 Å². The van der Waals surface area contributed by atoms with Gasteiger partial charge in [-0.15, -0.1) is 0 Å². The van der Waals surface area contributed by atoms with Gasteiger partial charge in [0.25, 0.3) is 5.91 Å². The van der Waals surface area contributed by atoms with Gasteiger partial charge in [-0.1, -0.05) is 12.1 Å². The van der Waals surface area contributed by atoms with Gasteiger partial charge in [0.05, 0.1) is 19.1 Å². The summed E-state index contributed by atoms with van der Waals surface area (Å²) in [6, 6.07) is 7.08. The number of aromatic nitrogens is 1. The number of benzene rings is 1. The van der Waals surface area contributed by atoms with E-state index in [1.165, 1.54) is 7.11 Å². The molecule has 0 saturated heterocycles. The summed E-state index contributed by atoms with van der Waals surface area (Å²) in [5, 5.41) is 9.85. The summed E-state index contributed by atoms with van der Waals surface area (Å²) in [5.41, 5.74) is 9.26. The summed E-state index contributed by atoms with van der Waals surface area (Å²) in [5.74, 6) is -0.693. The number of amides is 1. The van der Waals surface area contributed by atoms with Crippen LogP contribution < -0.4 is 5.73 Å². The Kier molecular flexibility index (Phi) is 4.53. The third-order valence-corrected chi connectivity index (χ3v) is 4.64. The summed E-state index contributed by atoms with van der Waals surface area (Å²) in [7, 11) is 1.36. The van der Waals surface area contributed by atoms with Crippen molar-refractivity contribution in [3.8, 4) is 16.9 Å². The molecule has 1 heterocycles. The largest absolute Gasteiger partial charge is 0.508 e. The van der Waals surface area contributed by atoms with Gasteiger partial charge in [-0.05, 0) is 43.9 Å². The van der Waals surface area contributed by atoms with Crippen LogP contribution in [0.25, 0.3) is 11.1 Å². The first kappa shape index (κ1) is 17.1. The maximum Gasteiger partial charge on any atom is 0.305 e. The normalized spacial score (nSPS) is 13.7. The molecule has 132 valence electrons. The van der Waals surface area contributed by atoms with Gasteiger partial charge in [0, 0.05) is 23.0 Å². The van der Waals surface area contributed by atoms with E-state index < -0.39 is 5.91 Å². The lowest BCUT2D eigenvalue weighted by Gasteiger charge is -2.12. The second-order valence-electron chi connectivity index (χ2n) is 6.37. The molecule has 1 aliphatic carbocycles. The molecule has 0 unspecified atom stereocenters. The monoisotopic (exact) mass is 342 g/mol. The number of ether oxygens (including phenoxy) is 1. The van der Waals surface area contributed by atoms with E-state index >= 15 is 0 Å². The third kappa shape index (κ3) is 3.24. The van der Waals surface area contributed by atoms with E-state index in [4.69, 9.17) is 10.5 Å². The van der Waals surface area contributed by atoms with Gasteiger partial charge in [0.15, 0.2) is 0 Å². The van der Waals surface area contributed by atoms with Crippen molar-refractivity contribution in [1.29, 1.82) is 0 Å². The van der Waals surface area contributed by atoms with Crippen molar-refractivity contribution in [2.45, 2.75) is 38.6 Å². The number of phenols is 1. The fraction of sp³-hybridized carbons (Fsp3) is 0.368. The molecule has 6 heteroatoms. The van der Waals surface area contributed by atoms with Crippen molar-refractivity contribution in [3.63, 3.8) is 0 Å². The van der Waals surface area contributed by atoms with Crippen LogP contribution in [0.1, 0.15) is 47.1 Å². The second-order valence-corrected chi connectivity index (χ2v) is 6.37. The minimum atomic E-state index is -0.505. The van der Waals surface area contributed by atoms with E-state index in [2.05, 4.69) is 4.57 Å². The fourth-order valence-electron chi connectivity index (χ4n) is 3.44. The molecule has 1 amide bonds. The van der Waals surface area contributed by atoms with Crippen molar-refractivity contribution < 1.29 is 19.4 Å². The molecule has 6 nitrogen and oxygen atoms in total. The number of methoxy groups -OCH3 is 1. The number of esters is 1. The number of aromatic hydroxyl groups is 1. The standard InChI is InChI=1S/C19H22N2O4/c1-11-17(19(20)24)18(12-4-3-5-14(22)10-12)15(8-9-16(23)25-2)21(11)13-6-7-13/h3-5,10,13,22H,6-9H2,1-2H3,(H2,20,24). The summed E-state index contributed by atoms with van der Waals surface area (Å²) in [6.07, 6.45) is 2.75. The highest BCUT2D eigenvalue weighted by Crippen LogP contribution is 2.43. The molecule has 3 rings (SSSR count). The molecule has 0 bridgehead atoms. The first-order chi connectivity index (χ1) is 11.9. The topological polar surface area (TPSA) is 94.6 Å². The predicted octanol–water partition coefficient (Wildman–Crippen LogP) is 2.71. The molecular formula is C19H22N2O4. The average molecular weight is 342 g/mol. The van der Waals surface area contributed by atoms with Crippen molar-refractivity contribution in [3.05, 3.63) is 41.2 Å². The number of hydrogen-bond donors (Lipinski definition) is 2. The molecule has 3 N–H and O–H groups in total. The van der Waals surface area contributed by atoms with E-state index in [9.17, 15) is 14.7 Å². The smallest absolute Gasteiger partial charge is 0.305 e. The number of nitrogens with two attached hydrogens (primary N) is 1. The van der Waals surface area contributed by atoms with Gasteiger partial charge in [-0.2, -0.15) is 0 Å². The van der Waals surface area contributed by atoms with Crippen LogP contribution in [0.3, 0.4) is 0 Å². The van der Waals surface area contributed by atoms with Gasteiger partial charge in [-0.25, -0.2) is 0 Å². The zero-order valence-electron chi connectivity index (χ0n) is 14.4. The highest BCUT2D eigenvalue weighted by atomic mass is 16.5. The van der Waals surface area contributed by atoms with Gasteiger partial charge in [-0.3, -0.25) is 9.59 Å². The Labute approximate surface area is 146 Å². The molecule has 1 aromatic heterocycles. The first-order valence-corrected chi connectivity index (χ1v) is 8.33. The molecule has 25 heavy (non-hydrogen) atoms. The zero-order valence-corrected chi connectivity index (χ0v) is 14.4. The second kappa shape index (κ2) is 6.63. The van der Waals surface area contributed by atoms with Crippen LogP contribution >= 0.6 is 0 Å². The molecule has 1 aromatic carbocycles. The molecule has 2 aromatic rings. The molecule has 1 aliphatic rings. The molecule has 1 fully saturated rings. The lowest BCUT2D eigenvalue weighted by Crippen LogP contribution is -2.13. The molecular weight excluding hydrogens is 320 g/mol. The SMILES string of the molecule is COC(=O)CCc1c(-c2cccc(O)c2)c(C(N)=O)c(C)n1C1CC1. The predicted molar refractivity (Wildman–Crippen MR) is 93.4 cm³/mol. The summed E-state index contributed by atoms with van der Waals surface area (Å²) in [4.78, 5) is 23.8. The Morgan fingerprint density at radius 1 is 1.36 bits per heavy atom. The molecule has 0 spiro atoms. The molecule has 0 radical (unpaired) electrons. The van der Waals surface area contributed by atoms with E-state index in [1.54, 1.807) is 18.2 Å². The number of phenolic OH excluding ortho intramolecular Hbond substituents is 1. The summed E-state index contributed by atoms with van der Waals surface area (Å²) >= 11 is 0. The van der Waals surface area contributed by atoms with Gasteiger partial charge in [0.2, 0.25) is 0 Å². The molecule has 0 atom stereocenters. The third-order valence-electron chi connectivity index (χ3n) is 4.64. The molecule has 0 aliphatic heterocycles. The van der Waals surface area contributed by atoms with Crippen LogP contribution in [0.5, 0.6) is 5.75 Å². The minimum Gasteiger partial charge on any atom is -0.508 e. The Bertz CT molecular complexity index is 834. The lowest BCUT2D eigenvalue weighted by atomic mass is 9.97. The average Bonchev–Trinajstić information content (AvgIpc) is 3.36. The first-order valence-electron chi connectivity index (χ1n) is 8.33. The lowest BCUT2D eigenvalue weighted by molar-refractivity contribution is -0.140. The van der Waals surface area contributed by atoms with Crippen LogP contribution in [-0.2, 0) is 16.0 Å². The van der Waals surface area contributed by atoms with Crippen molar-refractivity contribution in [2.75, 3.05) is 7.11 Å². The number of nitrogens with zero attached hydrogens (tertiary/aromatic N) is 1. The maximum absolute atomic E-state index is 12.2. The van der Waals surface area contributed by atoms with E-state index in [0.29, 0.717) is 23.6 Å². The van der Waals surface area contributed by atoms with Gasteiger partial charge in [0.1, 0.15) is 5.75 Å². The number of primary amides is 1. The highest BCUT2D eigenvalue weighted by molar-refractivity contribution is 6.02. The van der Waals surface area contributed by atoms with Crippen molar-refractivity contribution in [2.24, 2.45) is 5.73 Å². The van der Waals surface area contributed by atoms with E-state index in [1.807, 2.05) is 13.0 Å².